The van der Waals surface area contributed by atoms with Crippen molar-refractivity contribution in [2.24, 2.45) is 0 Å². The highest BCUT2D eigenvalue weighted by Crippen LogP contribution is 2.13. The lowest BCUT2D eigenvalue weighted by atomic mass is 10.2. The third-order valence-corrected chi connectivity index (χ3v) is 4.96. The number of aromatic amines is 1. The van der Waals surface area contributed by atoms with Gasteiger partial charge in [-0.1, -0.05) is 0 Å². The van der Waals surface area contributed by atoms with Gasteiger partial charge in [-0.15, -0.1) is 0 Å². The minimum atomic E-state index is -3.44. The molecular formula is C12H15N3O5S. The molecule has 114 valence electrons. The number of benzene rings is 1. The van der Waals surface area contributed by atoms with E-state index in [4.69, 9.17) is 5.11 Å². The van der Waals surface area contributed by atoms with E-state index in [0.717, 1.165) is 4.31 Å². The van der Waals surface area contributed by atoms with E-state index in [2.05, 4.69) is 4.98 Å². The SMILES string of the molecule is CN(C)S(=O)(=O)CCn1c(=O)[nH]c2ccc(C(=O)O)cc21. The van der Waals surface area contributed by atoms with Crippen LogP contribution in [-0.4, -0.2) is 53.2 Å². The molecule has 0 atom stereocenters. The molecule has 21 heavy (non-hydrogen) atoms. The summed E-state index contributed by atoms with van der Waals surface area (Å²) in [5, 5.41) is 8.97. The van der Waals surface area contributed by atoms with E-state index in [1.165, 1.54) is 36.9 Å². The fourth-order valence-electron chi connectivity index (χ4n) is 1.90. The molecule has 0 aliphatic carbocycles. The van der Waals surface area contributed by atoms with Crippen LogP contribution in [0.1, 0.15) is 10.4 Å². The van der Waals surface area contributed by atoms with Crippen LogP contribution in [0.5, 0.6) is 0 Å². The second kappa shape index (κ2) is 5.34. The Kier molecular flexibility index (Phi) is 3.88. The van der Waals surface area contributed by atoms with Crippen LogP contribution in [0.2, 0.25) is 0 Å². The highest BCUT2D eigenvalue weighted by atomic mass is 32.2. The van der Waals surface area contributed by atoms with Crippen molar-refractivity contribution in [2.75, 3.05) is 19.8 Å². The zero-order valence-electron chi connectivity index (χ0n) is 11.5. The number of hydrogen-bond donors (Lipinski definition) is 2. The number of rotatable bonds is 5. The highest BCUT2D eigenvalue weighted by molar-refractivity contribution is 7.89. The van der Waals surface area contributed by atoms with Gasteiger partial charge in [0.1, 0.15) is 0 Å². The van der Waals surface area contributed by atoms with Crippen LogP contribution in [-0.2, 0) is 16.6 Å². The predicted molar refractivity (Wildman–Crippen MR) is 77.0 cm³/mol. The lowest BCUT2D eigenvalue weighted by Crippen LogP contribution is -2.29. The van der Waals surface area contributed by atoms with Gasteiger partial charge in [0.15, 0.2) is 0 Å². The Hall–Kier alpha value is -2.13. The van der Waals surface area contributed by atoms with Gasteiger partial charge in [0, 0.05) is 20.6 Å². The molecule has 0 saturated heterocycles. The average molecular weight is 313 g/mol. The Bertz CT molecular complexity index is 847. The van der Waals surface area contributed by atoms with Gasteiger partial charge in [-0.05, 0) is 18.2 Å². The molecule has 1 heterocycles. The summed E-state index contributed by atoms with van der Waals surface area (Å²) in [5.41, 5.74) is 0.397. The topological polar surface area (TPSA) is 112 Å². The van der Waals surface area contributed by atoms with Crippen LogP contribution >= 0.6 is 0 Å². The molecule has 9 heteroatoms. The van der Waals surface area contributed by atoms with Crippen molar-refractivity contribution in [3.05, 3.63) is 34.2 Å². The van der Waals surface area contributed by atoms with Gasteiger partial charge in [0.05, 0.1) is 22.3 Å². The van der Waals surface area contributed by atoms with Gasteiger partial charge in [-0.25, -0.2) is 22.3 Å². The monoisotopic (exact) mass is 313 g/mol. The average Bonchev–Trinajstić information content (AvgIpc) is 2.70. The zero-order chi connectivity index (χ0) is 15.8. The van der Waals surface area contributed by atoms with E-state index in [1.54, 1.807) is 0 Å². The first-order valence-corrected chi connectivity index (χ1v) is 7.69. The van der Waals surface area contributed by atoms with Crippen molar-refractivity contribution in [3.8, 4) is 0 Å². The van der Waals surface area contributed by atoms with Gasteiger partial charge in [-0.3, -0.25) is 4.57 Å². The van der Waals surface area contributed by atoms with Gasteiger partial charge in [0.25, 0.3) is 0 Å². The smallest absolute Gasteiger partial charge is 0.335 e. The van der Waals surface area contributed by atoms with Crippen LogP contribution < -0.4 is 5.69 Å². The molecule has 2 rings (SSSR count). The Morgan fingerprint density at radius 1 is 1.38 bits per heavy atom. The number of carbonyl (C=O) groups is 1. The molecule has 0 aliphatic heterocycles. The molecule has 1 aromatic heterocycles. The van der Waals surface area contributed by atoms with Gasteiger partial charge < -0.3 is 10.1 Å². The van der Waals surface area contributed by atoms with Gasteiger partial charge >= 0.3 is 11.7 Å². The molecule has 2 aromatic rings. The van der Waals surface area contributed by atoms with Gasteiger partial charge in [0.2, 0.25) is 10.0 Å². The minimum absolute atomic E-state index is 0.0331. The number of aromatic nitrogens is 2. The molecule has 1 aromatic carbocycles. The van der Waals surface area contributed by atoms with Crippen LogP contribution in [0.3, 0.4) is 0 Å². The first-order chi connectivity index (χ1) is 9.72. The third kappa shape index (κ3) is 2.98. The maximum absolute atomic E-state index is 11.9. The summed E-state index contributed by atoms with van der Waals surface area (Å²) in [7, 11) is -0.618. The molecule has 0 radical (unpaired) electrons. The van der Waals surface area contributed by atoms with E-state index < -0.39 is 21.7 Å². The fourth-order valence-corrected chi connectivity index (χ4v) is 2.68. The standard InChI is InChI=1S/C12H15N3O5S/c1-14(2)21(19,20)6-5-15-10-7-8(11(16)17)3-4-9(10)13-12(15)18/h3-4,7H,5-6H2,1-2H3,(H,13,18)(H,16,17). The van der Waals surface area contributed by atoms with Gasteiger partial charge in [-0.2, -0.15) is 0 Å². The van der Waals surface area contributed by atoms with E-state index in [-0.39, 0.29) is 17.9 Å². The summed E-state index contributed by atoms with van der Waals surface area (Å²) < 4.78 is 25.8. The van der Waals surface area contributed by atoms with Crippen molar-refractivity contribution >= 4 is 27.0 Å². The quantitative estimate of drug-likeness (QED) is 0.801. The summed E-state index contributed by atoms with van der Waals surface area (Å²) >= 11 is 0. The summed E-state index contributed by atoms with van der Waals surface area (Å²) in [4.78, 5) is 25.4. The molecular weight excluding hydrogens is 298 g/mol. The van der Waals surface area contributed by atoms with Crippen molar-refractivity contribution < 1.29 is 18.3 Å². The number of hydrogen-bond acceptors (Lipinski definition) is 4. The summed E-state index contributed by atoms with van der Waals surface area (Å²) in [6.45, 7) is -0.0532. The van der Waals surface area contributed by atoms with E-state index in [9.17, 15) is 18.0 Å². The summed E-state index contributed by atoms with van der Waals surface area (Å²) in [6.07, 6.45) is 0. The molecule has 8 nitrogen and oxygen atoms in total. The Morgan fingerprint density at radius 3 is 2.62 bits per heavy atom. The van der Waals surface area contributed by atoms with Crippen molar-refractivity contribution in [1.82, 2.24) is 13.9 Å². The van der Waals surface area contributed by atoms with Crippen molar-refractivity contribution in [2.45, 2.75) is 6.54 Å². The number of fused-ring (bicyclic) bond motifs is 1. The maximum Gasteiger partial charge on any atom is 0.335 e. The minimum Gasteiger partial charge on any atom is -0.478 e. The normalized spacial score (nSPS) is 12.1. The Labute approximate surface area is 120 Å². The van der Waals surface area contributed by atoms with Crippen LogP contribution in [0, 0.1) is 0 Å². The van der Waals surface area contributed by atoms with Crippen LogP contribution in [0.4, 0.5) is 0 Å². The fraction of sp³-hybridized carbons (Fsp3) is 0.333. The second-order valence-corrected chi connectivity index (χ2v) is 7.02. The highest BCUT2D eigenvalue weighted by Gasteiger charge is 2.16. The molecule has 0 amide bonds. The lowest BCUT2D eigenvalue weighted by Gasteiger charge is -2.11. The molecule has 0 unspecified atom stereocenters. The second-order valence-electron chi connectivity index (χ2n) is 4.72. The largest absolute Gasteiger partial charge is 0.478 e. The molecule has 0 aliphatic rings. The molecule has 0 saturated carbocycles. The van der Waals surface area contributed by atoms with Crippen LogP contribution in [0.25, 0.3) is 11.0 Å². The number of aryl methyl sites for hydroxylation is 1. The molecule has 2 N–H and O–H groups in total. The van der Waals surface area contributed by atoms with Crippen molar-refractivity contribution in [3.63, 3.8) is 0 Å². The zero-order valence-corrected chi connectivity index (χ0v) is 12.3. The number of aromatic carboxylic acids is 1. The number of nitrogens with zero attached hydrogens (tertiary/aromatic N) is 2. The first kappa shape index (κ1) is 15.3. The number of carboxylic acids is 1. The van der Waals surface area contributed by atoms with Crippen molar-refractivity contribution in [1.29, 1.82) is 0 Å². The predicted octanol–water partition coefficient (Wildman–Crippen LogP) is -0.0808. The molecule has 0 bridgehead atoms. The van der Waals surface area contributed by atoms with E-state index in [0.29, 0.717) is 11.0 Å². The van der Waals surface area contributed by atoms with E-state index in [1.807, 2.05) is 0 Å². The number of H-pyrrole nitrogens is 1. The third-order valence-electron chi connectivity index (χ3n) is 3.15. The first-order valence-electron chi connectivity index (χ1n) is 6.08. The van der Waals surface area contributed by atoms with E-state index >= 15 is 0 Å². The Balaban J connectivity index is 2.44. The maximum atomic E-state index is 11.9. The number of sulfonamides is 1. The lowest BCUT2D eigenvalue weighted by molar-refractivity contribution is 0.0697. The molecule has 0 fully saturated rings. The molecule has 0 spiro atoms. The summed E-state index contributed by atoms with van der Waals surface area (Å²) in [5.74, 6) is -1.36. The van der Waals surface area contributed by atoms with Crippen LogP contribution in [0.15, 0.2) is 23.0 Å². The number of carboxylic acid groups (broad SMARTS) is 1. The summed E-state index contributed by atoms with van der Waals surface area (Å²) in [6, 6.07) is 4.20. The number of imidazole rings is 1. The Morgan fingerprint density at radius 2 is 2.05 bits per heavy atom. The number of nitrogens with one attached hydrogen (secondary N) is 1.